The Hall–Kier alpha value is -0.940. The first-order valence-corrected chi connectivity index (χ1v) is 8.55. The van der Waals surface area contributed by atoms with E-state index in [0.29, 0.717) is 0 Å². The van der Waals surface area contributed by atoms with Gasteiger partial charge >= 0.3 is 0 Å². The number of nitrogens with two attached hydrogens (primary N) is 1. The quantitative estimate of drug-likeness (QED) is 0.798. The summed E-state index contributed by atoms with van der Waals surface area (Å²) in [6.45, 7) is 9.74. The van der Waals surface area contributed by atoms with Crippen LogP contribution in [0.5, 0.6) is 0 Å². The maximum atomic E-state index is 6.70. The van der Waals surface area contributed by atoms with Gasteiger partial charge < -0.3 is 5.73 Å². The third-order valence-corrected chi connectivity index (χ3v) is 5.09. The van der Waals surface area contributed by atoms with Gasteiger partial charge in [0.2, 0.25) is 0 Å². The molecule has 0 radical (unpaired) electrons. The molecular formula is C16H31N5. The number of aromatic nitrogens is 3. The smallest absolute Gasteiger partial charge is 0.138 e. The first-order chi connectivity index (χ1) is 10.2. The standard InChI is InChI=1S/C16H31N5/c1-4-11-21-15(18-13-19-21)12-14(17)16(9-7-8-10-16)20(5-2)6-3/h13-14H,4-12,17H2,1-3H3. The minimum absolute atomic E-state index is 0.139. The highest BCUT2D eigenvalue weighted by Gasteiger charge is 2.43. The topological polar surface area (TPSA) is 60.0 Å². The average Bonchev–Trinajstić information content (AvgIpc) is 3.12. The van der Waals surface area contributed by atoms with E-state index in [0.717, 1.165) is 38.3 Å². The molecule has 1 aromatic heterocycles. The highest BCUT2D eigenvalue weighted by atomic mass is 15.3. The Kier molecular flexibility index (Phi) is 5.76. The van der Waals surface area contributed by atoms with E-state index in [-0.39, 0.29) is 11.6 Å². The van der Waals surface area contributed by atoms with Crippen molar-refractivity contribution >= 4 is 0 Å². The van der Waals surface area contributed by atoms with Crippen LogP contribution in [0.3, 0.4) is 0 Å². The van der Waals surface area contributed by atoms with Crippen molar-refractivity contribution in [3.8, 4) is 0 Å². The second-order valence-corrected chi connectivity index (χ2v) is 6.19. The van der Waals surface area contributed by atoms with Gasteiger partial charge in [0.1, 0.15) is 12.2 Å². The van der Waals surface area contributed by atoms with Crippen molar-refractivity contribution in [3.05, 3.63) is 12.2 Å². The zero-order valence-electron chi connectivity index (χ0n) is 13.9. The van der Waals surface area contributed by atoms with Gasteiger partial charge in [-0.3, -0.25) is 9.58 Å². The molecule has 1 heterocycles. The summed E-state index contributed by atoms with van der Waals surface area (Å²) < 4.78 is 2.02. The van der Waals surface area contributed by atoms with Gasteiger partial charge in [0.25, 0.3) is 0 Å². The van der Waals surface area contributed by atoms with Crippen molar-refractivity contribution in [1.82, 2.24) is 19.7 Å². The molecule has 1 aliphatic rings. The fraction of sp³-hybridized carbons (Fsp3) is 0.875. The van der Waals surface area contributed by atoms with E-state index in [9.17, 15) is 0 Å². The minimum atomic E-state index is 0.139. The monoisotopic (exact) mass is 293 g/mol. The lowest BCUT2D eigenvalue weighted by Gasteiger charge is -2.44. The Labute approximate surface area is 128 Å². The van der Waals surface area contributed by atoms with E-state index < -0.39 is 0 Å². The molecule has 0 amide bonds. The van der Waals surface area contributed by atoms with Crippen LogP contribution in [0.25, 0.3) is 0 Å². The van der Waals surface area contributed by atoms with Gasteiger partial charge in [-0.2, -0.15) is 5.10 Å². The molecule has 1 atom stereocenters. The second-order valence-electron chi connectivity index (χ2n) is 6.19. The lowest BCUT2D eigenvalue weighted by atomic mass is 9.84. The van der Waals surface area contributed by atoms with Crippen LogP contribution in [-0.4, -0.2) is 44.3 Å². The zero-order valence-corrected chi connectivity index (χ0v) is 13.9. The summed E-state index contributed by atoms with van der Waals surface area (Å²) in [5.74, 6) is 1.04. The van der Waals surface area contributed by atoms with Crippen LogP contribution < -0.4 is 5.73 Å². The maximum absolute atomic E-state index is 6.70. The Morgan fingerprint density at radius 1 is 1.29 bits per heavy atom. The summed E-state index contributed by atoms with van der Waals surface area (Å²) in [5, 5.41) is 4.33. The number of hydrogen-bond donors (Lipinski definition) is 1. The molecule has 21 heavy (non-hydrogen) atoms. The molecule has 1 fully saturated rings. The van der Waals surface area contributed by atoms with Crippen LogP contribution in [0.4, 0.5) is 0 Å². The molecule has 120 valence electrons. The van der Waals surface area contributed by atoms with E-state index in [4.69, 9.17) is 5.73 Å². The predicted molar refractivity (Wildman–Crippen MR) is 86.1 cm³/mol. The van der Waals surface area contributed by atoms with Gasteiger partial charge in [-0.1, -0.05) is 33.6 Å². The molecule has 1 aliphatic carbocycles. The lowest BCUT2D eigenvalue weighted by molar-refractivity contribution is 0.0761. The molecule has 0 bridgehead atoms. The van der Waals surface area contributed by atoms with E-state index in [1.165, 1.54) is 25.7 Å². The van der Waals surface area contributed by atoms with Crippen LogP contribution in [0.1, 0.15) is 58.7 Å². The van der Waals surface area contributed by atoms with Crippen molar-refractivity contribution in [1.29, 1.82) is 0 Å². The van der Waals surface area contributed by atoms with Gasteiger partial charge in [-0.15, -0.1) is 0 Å². The molecule has 2 rings (SSSR count). The summed E-state index contributed by atoms with van der Waals surface area (Å²) in [4.78, 5) is 7.02. The molecule has 0 aliphatic heterocycles. The molecule has 1 unspecified atom stereocenters. The summed E-state index contributed by atoms with van der Waals surface area (Å²) in [5.41, 5.74) is 6.86. The SMILES string of the molecule is CCCn1ncnc1CC(N)C1(N(CC)CC)CCCC1. The lowest BCUT2D eigenvalue weighted by Crippen LogP contribution is -2.59. The number of nitrogens with zero attached hydrogens (tertiary/aromatic N) is 4. The van der Waals surface area contributed by atoms with Gasteiger partial charge in [0.15, 0.2) is 0 Å². The maximum Gasteiger partial charge on any atom is 0.138 e. The van der Waals surface area contributed by atoms with E-state index in [1.54, 1.807) is 6.33 Å². The molecule has 5 nitrogen and oxygen atoms in total. The molecule has 1 aromatic rings. The van der Waals surface area contributed by atoms with E-state index >= 15 is 0 Å². The molecule has 5 heteroatoms. The van der Waals surface area contributed by atoms with Gasteiger partial charge in [-0.05, 0) is 32.4 Å². The number of hydrogen-bond acceptors (Lipinski definition) is 4. The zero-order chi connectivity index (χ0) is 15.3. The van der Waals surface area contributed by atoms with Crippen LogP contribution in [-0.2, 0) is 13.0 Å². The van der Waals surface area contributed by atoms with Gasteiger partial charge in [0, 0.05) is 24.5 Å². The largest absolute Gasteiger partial charge is 0.326 e. The van der Waals surface area contributed by atoms with Crippen molar-refractivity contribution in [2.75, 3.05) is 13.1 Å². The van der Waals surface area contributed by atoms with E-state index in [2.05, 4.69) is 35.8 Å². The number of rotatable bonds is 8. The molecule has 0 aromatic carbocycles. The summed E-state index contributed by atoms with van der Waals surface area (Å²) >= 11 is 0. The van der Waals surface area contributed by atoms with Crippen LogP contribution in [0, 0.1) is 0 Å². The highest BCUT2D eigenvalue weighted by molar-refractivity contribution is 5.05. The Balaban J connectivity index is 2.15. The summed E-state index contributed by atoms with van der Waals surface area (Å²) in [6.07, 6.45) is 8.60. The molecular weight excluding hydrogens is 262 g/mol. The summed E-state index contributed by atoms with van der Waals surface area (Å²) in [7, 11) is 0. The Morgan fingerprint density at radius 3 is 2.52 bits per heavy atom. The molecule has 0 saturated heterocycles. The first kappa shape index (κ1) is 16.4. The van der Waals surface area contributed by atoms with Crippen molar-refractivity contribution in [2.24, 2.45) is 5.73 Å². The van der Waals surface area contributed by atoms with Crippen molar-refractivity contribution in [3.63, 3.8) is 0 Å². The number of likely N-dealkylation sites (N-methyl/N-ethyl adjacent to an activating group) is 1. The molecule has 1 saturated carbocycles. The Morgan fingerprint density at radius 2 is 1.95 bits per heavy atom. The predicted octanol–water partition coefficient (Wildman–Crippen LogP) is 2.21. The normalized spacial score (nSPS) is 19.3. The van der Waals surface area contributed by atoms with Crippen LogP contribution in [0.15, 0.2) is 6.33 Å². The average molecular weight is 293 g/mol. The molecule has 0 spiro atoms. The van der Waals surface area contributed by atoms with Crippen LogP contribution >= 0.6 is 0 Å². The fourth-order valence-electron chi connectivity index (χ4n) is 3.99. The Bertz CT molecular complexity index is 418. The fourth-order valence-corrected chi connectivity index (χ4v) is 3.99. The van der Waals surface area contributed by atoms with Gasteiger partial charge in [-0.25, -0.2) is 4.98 Å². The molecule has 2 N–H and O–H groups in total. The summed E-state index contributed by atoms with van der Waals surface area (Å²) in [6, 6.07) is 0.139. The van der Waals surface area contributed by atoms with Crippen molar-refractivity contribution < 1.29 is 0 Å². The van der Waals surface area contributed by atoms with Gasteiger partial charge in [0.05, 0.1) is 0 Å². The van der Waals surface area contributed by atoms with E-state index in [1.807, 2.05) is 4.68 Å². The van der Waals surface area contributed by atoms with Crippen molar-refractivity contribution in [2.45, 2.75) is 77.4 Å². The van der Waals surface area contributed by atoms with Crippen LogP contribution in [0.2, 0.25) is 0 Å². The first-order valence-electron chi connectivity index (χ1n) is 8.55. The third kappa shape index (κ3) is 3.29. The second kappa shape index (κ2) is 7.36. The highest BCUT2D eigenvalue weighted by Crippen LogP contribution is 2.38. The third-order valence-electron chi connectivity index (χ3n) is 5.09. The minimum Gasteiger partial charge on any atom is -0.326 e. The number of aryl methyl sites for hydroxylation is 1.